The number of hydrogen-bond donors (Lipinski definition) is 1. The molecule has 0 aromatic heterocycles. The average molecular weight is 389 g/mol. The van der Waals surface area contributed by atoms with Crippen LogP contribution in [-0.2, 0) is 4.74 Å². The van der Waals surface area contributed by atoms with E-state index >= 15 is 0 Å². The molecule has 6 heteroatoms. The number of ether oxygens (including phenoxy) is 2. The van der Waals surface area contributed by atoms with E-state index in [0.29, 0.717) is 31.9 Å². The van der Waals surface area contributed by atoms with Crippen molar-refractivity contribution in [1.82, 2.24) is 9.80 Å². The predicted octanol–water partition coefficient (Wildman–Crippen LogP) is 2.02. The van der Waals surface area contributed by atoms with Crippen LogP contribution in [0.5, 0.6) is 5.75 Å². The maximum atomic E-state index is 12.7. The zero-order valence-corrected chi connectivity index (χ0v) is 16.6. The highest BCUT2D eigenvalue weighted by molar-refractivity contribution is 5.94. The maximum Gasteiger partial charge on any atom is 0.254 e. The van der Waals surface area contributed by atoms with Crippen LogP contribution in [0.25, 0.3) is 0 Å². The molecule has 3 unspecified atom stereocenters. The second-order valence-electron chi connectivity index (χ2n) is 8.35. The van der Waals surface area contributed by atoms with Gasteiger partial charge in [0, 0.05) is 31.7 Å². The third-order valence-electron chi connectivity index (χ3n) is 6.49. The largest absolute Gasteiger partial charge is 0.494 e. The zero-order valence-electron chi connectivity index (χ0n) is 16.6. The van der Waals surface area contributed by atoms with Gasteiger partial charge < -0.3 is 24.4 Å². The van der Waals surface area contributed by atoms with E-state index < -0.39 is 0 Å². The van der Waals surface area contributed by atoms with Gasteiger partial charge in [0.1, 0.15) is 5.75 Å². The summed E-state index contributed by atoms with van der Waals surface area (Å²) < 4.78 is 11.2. The van der Waals surface area contributed by atoms with E-state index in [4.69, 9.17) is 9.47 Å². The Kier molecular flexibility index (Phi) is 6.50. The monoisotopic (exact) mass is 388 g/mol. The molecule has 1 aromatic rings. The van der Waals surface area contributed by atoms with E-state index in [9.17, 15) is 9.90 Å². The third-order valence-corrected chi connectivity index (χ3v) is 6.49. The lowest BCUT2D eigenvalue weighted by Gasteiger charge is -2.34. The van der Waals surface area contributed by atoms with E-state index in [0.717, 1.165) is 30.6 Å². The van der Waals surface area contributed by atoms with Crippen molar-refractivity contribution in [2.75, 3.05) is 52.6 Å². The van der Waals surface area contributed by atoms with E-state index in [-0.39, 0.29) is 18.6 Å². The molecule has 1 saturated carbocycles. The number of likely N-dealkylation sites (tertiary alicyclic amines) is 1. The number of rotatable bonds is 7. The van der Waals surface area contributed by atoms with E-state index in [2.05, 4.69) is 4.90 Å². The summed E-state index contributed by atoms with van der Waals surface area (Å²) in [6, 6.07) is 7.08. The molecule has 1 aliphatic carbocycles. The minimum atomic E-state index is -0.262. The van der Waals surface area contributed by atoms with Crippen molar-refractivity contribution in [3.8, 4) is 5.75 Å². The highest BCUT2D eigenvalue weighted by Crippen LogP contribution is 2.37. The van der Waals surface area contributed by atoms with Gasteiger partial charge in [-0.15, -0.1) is 0 Å². The second-order valence-corrected chi connectivity index (χ2v) is 8.35. The normalized spacial score (nSPS) is 27.8. The standard InChI is InChI=1S/C22H32N2O4/c25-15-20-16-27-12-10-24(20)22(26)17-5-7-21(8-6-17)28-11-2-9-23-13-18-3-1-4-19(18)14-23/h5-8,18-20,25H,1-4,9-16H2. The fourth-order valence-corrected chi connectivity index (χ4v) is 4.93. The Hall–Kier alpha value is -1.63. The van der Waals surface area contributed by atoms with Gasteiger partial charge in [0.25, 0.3) is 5.91 Å². The van der Waals surface area contributed by atoms with Crippen LogP contribution in [-0.4, -0.2) is 79.5 Å². The zero-order chi connectivity index (χ0) is 19.3. The molecular formula is C22H32N2O4. The molecule has 3 fully saturated rings. The van der Waals surface area contributed by atoms with Gasteiger partial charge in [0.15, 0.2) is 0 Å². The Morgan fingerprint density at radius 3 is 2.64 bits per heavy atom. The number of nitrogens with zero attached hydrogens (tertiary/aromatic N) is 2. The highest BCUT2D eigenvalue weighted by atomic mass is 16.5. The molecule has 0 spiro atoms. The van der Waals surface area contributed by atoms with Crippen LogP contribution in [0.3, 0.4) is 0 Å². The van der Waals surface area contributed by atoms with Gasteiger partial charge >= 0.3 is 0 Å². The molecular weight excluding hydrogens is 356 g/mol. The first-order chi connectivity index (χ1) is 13.7. The number of aliphatic hydroxyl groups is 1. The van der Waals surface area contributed by atoms with Gasteiger partial charge in [-0.05, 0) is 55.4 Å². The average Bonchev–Trinajstić information content (AvgIpc) is 3.33. The van der Waals surface area contributed by atoms with Crippen molar-refractivity contribution in [1.29, 1.82) is 0 Å². The predicted molar refractivity (Wildman–Crippen MR) is 107 cm³/mol. The van der Waals surface area contributed by atoms with Crippen LogP contribution in [0.4, 0.5) is 0 Å². The number of amides is 1. The third kappa shape index (κ3) is 4.50. The summed E-state index contributed by atoms with van der Waals surface area (Å²) in [5.74, 6) is 2.63. The minimum absolute atomic E-state index is 0.0616. The number of carbonyl (C=O) groups is 1. The molecule has 1 amide bonds. The number of fused-ring (bicyclic) bond motifs is 1. The molecule has 28 heavy (non-hydrogen) atoms. The quantitative estimate of drug-likeness (QED) is 0.724. The lowest BCUT2D eigenvalue weighted by atomic mass is 10.0. The molecule has 0 bridgehead atoms. The molecule has 1 N–H and O–H groups in total. The van der Waals surface area contributed by atoms with E-state index in [1.165, 1.54) is 32.4 Å². The number of benzene rings is 1. The SMILES string of the molecule is O=C(c1ccc(OCCCN2CC3CCCC3C2)cc1)N1CCOCC1CO. The molecule has 3 aliphatic rings. The first-order valence-corrected chi connectivity index (χ1v) is 10.7. The summed E-state index contributed by atoms with van der Waals surface area (Å²) >= 11 is 0. The summed E-state index contributed by atoms with van der Waals surface area (Å²) in [7, 11) is 0. The molecule has 3 atom stereocenters. The summed E-state index contributed by atoms with van der Waals surface area (Å²) in [6.45, 7) is 5.71. The van der Waals surface area contributed by atoms with Crippen molar-refractivity contribution < 1.29 is 19.4 Å². The maximum absolute atomic E-state index is 12.7. The lowest BCUT2D eigenvalue weighted by Crippen LogP contribution is -2.50. The number of hydrogen-bond acceptors (Lipinski definition) is 5. The molecule has 0 radical (unpaired) electrons. The Morgan fingerprint density at radius 1 is 1.18 bits per heavy atom. The summed E-state index contributed by atoms with van der Waals surface area (Å²) in [5.41, 5.74) is 0.622. The molecule has 154 valence electrons. The Bertz CT molecular complexity index is 638. The number of morpholine rings is 1. The van der Waals surface area contributed by atoms with Crippen LogP contribution in [0.15, 0.2) is 24.3 Å². The van der Waals surface area contributed by atoms with Gasteiger partial charge in [0.2, 0.25) is 0 Å². The molecule has 6 nitrogen and oxygen atoms in total. The van der Waals surface area contributed by atoms with Gasteiger partial charge in [-0.2, -0.15) is 0 Å². The van der Waals surface area contributed by atoms with Crippen LogP contribution < -0.4 is 4.74 Å². The van der Waals surface area contributed by atoms with Crippen LogP contribution in [0.2, 0.25) is 0 Å². The smallest absolute Gasteiger partial charge is 0.254 e. The van der Waals surface area contributed by atoms with Gasteiger partial charge in [-0.25, -0.2) is 0 Å². The fraction of sp³-hybridized carbons (Fsp3) is 0.682. The summed E-state index contributed by atoms with van der Waals surface area (Å²) in [6.07, 6.45) is 5.31. The van der Waals surface area contributed by atoms with E-state index in [1.807, 2.05) is 24.3 Å². The van der Waals surface area contributed by atoms with Crippen molar-refractivity contribution in [3.63, 3.8) is 0 Å². The molecule has 2 heterocycles. The highest BCUT2D eigenvalue weighted by Gasteiger charge is 2.35. The number of aliphatic hydroxyl groups excluding tert-OH is 1. The first kappa shape index (κ1) is 19.7. The van der Waals surface area contributed by atoms with Gasteiger partial charge in [-0.3, -0.25) is 4.79 Å². The van der Waals surface area contributed by atoms with E-state index in [1.54, 1.807) is 4.90 Å². The van der Waals surface area contributed by atoms with Crippen molar-refractivity contribution >= 4 is 5.91 Å². The molecule has 2 saturated heterocycles. The summed E-state index contributed by atoms with van der Waals surface area (Å²) in [5, 5.41) is 9.45. The van der Waals surface area contributed by atoms with Crippen LogP contribution in [0.1, 0.15) is 36.0 Å². The van der Waals surface area contributed by atoms with Crippen molar-refractivity contribution in [2.24, 2.45) is 11.8 Å². The Labute approximate surface area is 167 Å². The molecule has 4 rings (SSSR count). The Morgan fingerprint density at radius 2 is 1.93 bits per heavy atom. The molecule has 1 aromatic carbocycles. The van der Waals surface area contributed by atoms with Crippen LogP contribution >= 0.6 is 0 Å². The van der Waals surface area contributed by atoms with Crippen molar-refractivity contribution in [3.05, 3.63) is 29.8 Å². The second kappa shape index (κ2) is 9.25. The van der Waals surface area contributed by atoms with Gasteiger partial charge in [0.05, 0.1) is 32.5 Å². The molecule has 2 aliphatic heterocycles. The van der Waals surface area contributed by atoms with Gasteiger partial charge in [-0.1, -0.05) is 6.42 Å². The van der Waals surface area contributed by atoms with Crippen LogP contribution in [0, 0.1) is 11.8 Å². The Balaban J connectivity index is 1.20. The number of carbonyl (C=O) groups excluding carboxylic acids is 1. The fourth-order valence-electron chi connectivity index (χ4n) is 4.93. The minimum Gasteiger partial charge on any atom is -0.494 e. The van der Waals surface area contributed by atoms with Crippen molar-refractivity contribution in [2.45, 2.75) is 31.7 Å². The summed E-state index contributed by atoms with van der Waals surface area (Å²) in [4.78, 5) is 17.0. The first-order valence-electron chi connectivity index (χ1n) is 10.7. The topological polar surface area (TPSA) is 62.2 Å². The lowest BCUT2D eigenvalue weighted by molar-refractivity contribution is -0.0183.